The van der Waals surface area contributed by atoms with Crippen molar-refractivity contribution in [2.75, 3.05) is 13.2 Å². The molecule has 2 aromatic carbocycles. The molecule has 0 aliphatic rings. The maximum atomic E-state index is 12.2. The van der Waals surface area contributed by atoms with E-state index in [4.69, 9.17) is 9.47 Å². The molecule has 1 atom stereocenters. The lowest BCUT2D eigenvalue weighted by Gasteiger charge is -2.13. The lowest BCUT2D eigenvalue weighted by atomic mass is 10.0. The van der Waals surface area contributed by atoms with Gasteiger partial charge in [-0.05, 0) is 24.4 Å². The molecule has 0 radical (unpaired) electrons. The van der Waals surface area contributed by atoms with E-state index in [1.165, 1.54) is 6.92 Å². The fraction of sp³-hybridized carbons (Fsp3) is 0.294. The molecule has 0 aliphatic heterocycles. The summed E-state index contributed by atoms with van der Waals surface area (Å²) in [5, 5.41) is 10.8. The number of fused-ring (bicyclic) bond motifs is 1. The van der Waals surface area contributed by atoms with Gasteiger partial charge in [-0.15, -0.1) is 0 Å². The predicted octanol–water partition coefficient (Wildman–Crippen LogP) is 2.35. The van der Waals surface area contributed by atoms with E-state index in [0.717, 1.165) is 10.8 Å². The third kappa shape index (κ3) is 3.83. The van der Waals surface area contributed by atoms with Gasteiger partial charge in [0.15, 0.2) is 6.61 Å². The van der Waals surface area contributed by atoms with E-state index in [2.05, 4.69) is 0 Å². The van der Waals surface area contributed by atoms with Gasteiger partial charge in [-0.1, -0.05) is 24.3 Å². The molecular formula is C17H18O5. The van der Waals surface area contributed by atoms with E-state index in [1.807, 2.05) is 24.3 Å². The summed E-state index contributed by atoms with van der Waals surface area (Å²) in [6, 6.07) is 10.7. The number of esters is 1. The molecule has 2 rings (SSSR count). The van der Waals surface area contributed by atoms with Crippen LogP contribution in [0.25, 0.3) is 10.8 Å². The maximum absolute atomic E-state index is 12.2. The van der Waals surface area contributed by atoms with Crippen LogP contribution in [-0.2, 0) is 9.53 Å². The Morgan fingerprint density at radius 3 is 2.45 bits per heavy atom. The Bertz CT molecular complexity index is 691. The quantitative estimate of drug-likeness (QED) is 0.655. The third-order valence-corrected chi connectivity index (χ3v) is 3.07. The summed E-state index contributed by atoms with van der Waals surface area (Å²) in [7, 11) is 0. The van der Waals surface area contributed by atoms with Gasteiger partial charge in [-0.2, -0.15) is 0 Å². The number of benzene rings is 2. The molecule has 0 heterocycles. The Labute approximate surface area is 128 Å². The van der Waals surface area contributed by atoms with Crippen molar-refractivity contribution in [3.63, 3.8) is 0 Å². The summed E-state index contributed by atoms with van der Waals surface area (Å²) in [4.78, 5) is 23.0. The van der Waals surface area contributed by atoms with E-state index in [0.29, 0.717) is 11.3 Å². The minimum absolute atomic E-state index is 0.171. The Hall–Kier alpha value is -2.40. The normalized spacial score (nSPS) is 12.0. The van der Waals surface area contributed by atoms with Crippen LogP contribution >= 0.6 is 0 Å². The Morgan fingerprint density at radius 2 is 1.82 bits per heavy atom. The smallest absolute Gasteiger partial charge is 0.303 e. The van der Waals surface area contributed by atoms with Crippen molar-refractivity contribution in [2.24, 2.45) is 0 Å². The molecule has 1 N–H and O–H groups in total. The van der Waals surface area contributed by atoms with Gasteiger partial charge < -0.3 is 14.6 Å². The second-order valence-electron chi connectivity index (χ2n) is 5.02. The highest BCUT2D eigenvalue weighted by Gasteiger charge is 2.14. The molecule has 0 saturated carbocycles. The van der Waals surface area contributed by atoms with Gasteiger partial charge in [0.05, 0.1) is 6.10 Å². The highest BCUT2D eigenvalue weighted by atomic mass is 16.5. The van der Waals surface area contributed by atoms with Crippen LogP contribution in [0.1, 0.15) is 24.2 Å². The number of carbonyl (C=O) groups excluding carboxylic acids is 2. The molecule has 0 amide bonds. The molecule has 0 saturated heterocycles. The van der Waals surface area contributed by atoms with Crippen LogP contribution < -0.4 is 4.74 Å². The van der Waals surface area contributed by atoms with Crippen LogP contribution in [-0.4, -0.2) is 36.2 Å². The van der Waals surface area contributed by atoms with Crippen molar-refractivity contribution in [1.29, 1.82) is 0 Å². The van der Waals surface area contributed by atoms with Crippen molar-refractivity contribution in [1.82, 2.24) is 0 Å². The average Bonchev–Trinajstić information content (AvgIpc) is 2.50. The summed E-state index contributed by atoms with van der Waals surface area (Å²) >= 11 is 0. The van der Waals surface area contributed by atoms with Gasteiger partial charge in [-0.3, -0.25) is 9.59 Å². The largest absolute Gasteiger partial charge is 0.490 e. The van der Waals surface area contributed by atoms with Crippen LogP contribution in [0.3, 0.4) is 0 Å². The topological polar surface area (TPSA) is 72.8 Å². The van der Waals surface area contributed by atoms with Crippen molar-refractivity contribution in [2.45, 2.75) is 20.0 Å². The Kier molecular flexibility index (Phi) is 5.12. The molecule has 5 heteroatoms. The first kappa shape index (κ1) is 16.0. The van der Waals surface area contributed by atoms with Gasteiger partial charge in [0.25, 0.3) is 0 Å². The fourth-order valence-corrected chi connectivity index (χ4v) is 2.10. The predicted molar refractivity (Wildman–Crippen MR) is 82.1 cm³/mol. The standard InChI is InChI=1S/C17H18O5/c1-11(18)9-22-17-8-7-14(16(20)10-21-12(2)19)13-5-3-4-6-15(13)17/h3-8,11,18H,9-10H2,1-2H3/t11-/m1/s1. The zero-order valence-electron chi connectivity index (χ0n) is 12.5. The van der Waals surface area contributed by atoms with Crippen molar-refractivity contribution in [3.8, 4) is 5.75 Å². The minimum atomic E-state index is -0.580. The van der Waals surface area contributed by atoms with E-state index in [-0.39, 0.29) is 19.0 Å². The zero-order valence-corrected chi connectivity index (χ0v) is 12.5. The lowest BCUT2D eigenvalue weighted by Crippen LogP contribution is -2.14. The van der Waals surface area contributed by atoms with E-state index in [1.54, 1.807) is 19.1 Å². The van der Waals surface area contributed by atoms with Gasteiger partial charge in [0, 0.05) is 17.9 Å². The molecule has 116 valence electrons. The van der Waals surface area contributed by atoms with Crippen molar-refractivity contribution in [3.05, 3.63) is 42.0 Å². The summed E-state index contributed by atoms with van der Waals surface area (Å²) in [5.74, 6) is -0.163. The summed E-state index contributed by atoms with van der Waals surface area (Å²) in [6.07, 6.45) is -0.580. The van der Waals surface area contributed by atoms with Crippen LogP contribution in [0.5, 0.6) is 5.75 Å². The van der Waals surface area contributed by atoms with Crippen molar-refractivity contribution >= 4 is 22.5 Å². The molecule has 2 aromatic rings. The first-order valence-electron chi connectivity index (χ1n) is 6.98. The van der Waals surface area contributed by atoms with E-state index >= 15 is 0 Å². The number of carbonyl (C=O) groups is 2. The number of ether oxygens (including phenoxy) is 2. The number of hydrogen-bond acceptors (Lipinski definition) is 5. The monoisotopic (exact) mass is 302 g/mol. The van der Waals surface area contributed by atoms with Gasteiger partial charge in [-0.25, -0.2) is 0 Å². The summed E-state index contributed by atoms with van der Waals surface area (Å²) < 4.78 is 10.3. The second-order valence-corrected chi connectivity index (χ2v) is 5.02. The van der Waals surface area contributed by atoms with Gasteiger partial charge >= 0.3 is 5.97 Å². The highest BCUT2D eigenvalue weighted by molar-refractivity contribution is 6.10. The minimum Gasteiger partial charge on any atom is -0.490 e. The van der Waals surface area contributed by atoms with Gasteiger partial charge in [0.1, 0.15) is 12.4 Å². The number of aliphatic hydroxyl groups excluding tert-OH is 1. The van der Waals surface area contributed by atoms with E-state index < -0.39 is 12.1 Å². The number of Topliss-reactive ketones (excluding diaryl/α,β-unsaturated/α-hetero) is 1. The molecule has 0 spiro atoms. The number of aliphatic hydroxyl groups is 1. The molecule has 0 aliphatic carbocycles. The van der Waals surface area contributed by atoms with Crippen LogP contribution in [0, 0.1) is 0 Å². The fourth-order valence-electron chi connectivity index (χ4n) is 2.10. The SMILES string of the molecule is CC(=O)OCC(=O)c1ccc(OC[C@@H](C)O)c2ccccc12. The molecule has 0 unspecified atom stereocenters. The molecule has 0 bridgehead atoms. The summed E-state index contributed by atoms with van der Waals surface area (Å²) in [6.45, 7) is 2.79. The van der Waals surface area contributed by atoms with Crippen LogP contribution in [0.15, 0.2) is 36.4 Å². The number of hydrogen-bond donors (Lipinski definition) is 1. The second kappa shape index (κ2) is 7.04. The maximum Gasteiger partial charge on any atom is 0.303 e. The zero-order chi connectivity index (χ0) is 16.1. The average molecular weight is 302 g/mol. The van der Waals surface area contributed by atoms with Crippen molar-refractivity contribution < 1.29 is 24.2 Å². The first-order chi connectivity index (χ1) is 10.5. The Morgan fingerprint density at radius 1 is 1.14 bits per heavy atom. The molecule has 0 fully saturated rings. The van der Waals surface area contributed by atoms with Crippen LogP contribution in [0.2, 0.25) is 0 Å². The molecular weight excluding hydrogens is 284 g/mol. The summed E-state index contributed by atoms with van der Waals surface area (Å²) in [5.41, 5.74) is 0.473. The molecule has 0 aromatic heterocycles. The Balaban J connectivity index is 2.35. The lowest BCUT2D eigenvalue weighted by molar-refractivity contribution is -0.139. The van der Waals surface area contributed by atoms with E-state index in [9.17, 15) is 14.7 Å². The molecule has 22 heavy (non-hydrogen) atoms. The highest BCUT2D eigenvalue weighted by Crippen LogP contribution is 2.29. The third-order valence-electron chi connectivity index (χ3n) is 3.07. The number of rotatable bonds is 6. The first-order valence-corrected chi connectivity index (χ1v) is 6.98. The van der Waals surface area contributed by atoms with Gasteiger partial charge in [0.2, 0.25) is 5.78 Å². The number of ketones is 1. The van der Waals surface area contributed by atoms with Crippen LogP contribution in [0.4, 0.5) is 0 Å². The molecule has 5 nitrogen and oxygen atoms in total.